The number of fused-ring (bicyclic) bond motifs is 1. The number of hydrogen-bond acceptors (Lipinski definition) is 5. The van der Waals surface area contributed by atoms with Crippen molar-refractivity contribution in [3.8, 4) is 5.88 Å². The predicted octanol–water partition coefficient (Wildman–Crippen LogP) is 1.41. The average Bonchev–Trinajstić information content (AvgIpc) is 2.94. The average molecular weight is 333 g/mol. The number of methoxy groups -OCH3 is 2. The lowest BCUT2D eigenvalue weighted by atomic mass is 9.73. The van der Waals surface area contributed by atoms with E-state index >= 15 is 0 Å². The molecule has 0 aliphatic carbocycles. The van der Waals surface area contributed by atoms with Crippen molar-refractivity contribution in [3.05, 3.63) is 23.9 Å². The normalized spacial score (nSPS) is 27.1. The largest absolute Gasteiger partial charge is 0.481 e. The lowest BCUT2D eigenvalue weighted by molar-refractivity contribution is -0.128. The van der Waals surface area contributed by atoms with Crippen LogP contribution >= 0.6 is 0 Å². The zero-order valence-electron chi connectivity index (χ0n) is 14.8. The van der Waals surface area contributed by atoms with Gasteiger partial charge in [-0.25, -0.2) is 4.98 Å². The first kappa shape index (κ1) is 17.2. The topological polar surface area (TPSA) is 54.9 Å². The predicted molar refractivity (Wildman–Crippen MR) is 90.7 cm³/mol. The van der Waals surface area contributed by atoms with Crippen molar-refractivity contribution in [2.75, 3.05) is 47.0 Å². The lowest BCUT2D eigenvalue weighted by Gasteiger charge is -2.42. The number of piperidine rings is 1. The number of pyridine rings is 1. The fourth-order valence-corrected chi connectivity index (χ4v) is 4.15. The minimum absolute atomic E-state index is 0.110. The third-order valence-corrected chi connectivity index (χ3v) is 5.47. The Balaban J connectivity index is 1.69. The maximum atomic E-state index is 11.8. The van der Waals surface area contributed by atoms with Gasteiger partial charge in [0.15, 0.2) is 0 Å². The van der Waals surface area contributed by atoms with Gasteiger partial charge in [-0.05, 0) is 24.9 Å². The maximum absolute atomic E-state index is 11.8. The molecule has 0 N–H and O–H groups in total. The van der Waals surface area contributed by atoms with Gasteiger partial charge >= 0.3 is 0 Å². The van der Waals surface area contributed by atoms with Crippen molar-refractivity contribution in [1.29, 1.82) is 0 Å². The van der Waals surface area contributed by atoms with E-state index in [4.69, 9.17) is 9.47 Å². The summed E-state index contributed by atoms with van der Waals surface area (Å²) in [6.45, 7) is 6.85. The minimum atomic E-state index is 0.110. The van der Waals surface area contributed by atoms with Gasteiger partial charge in [0.1, 0.15) is 0 Å². The third-order valence-electron chi connectivity index (χ3n) is 5.47. The van der Waals surface area contributed by atoms with Crippen molar-refractivity contribution in [2.24, 2.45) is 11.3 Å². The van der Waals surface area contributed by atoms with E-state index in [0.29, 0.717) is 11.8 Å². The highest BCUT2D eigenvalue weighted by Gasteiger charge is 2.50. The van der Waals surface area contributed by atoms with Gasteiger partial charge in [-0.15, -0.1) is 0 Å². The molecule has 1 aromatic heterocycles. The molecule has 2 aliphatic heterocycles. The Morgan fingerprint density at radius 2 is 2.21 bits per heavy atom. The molecular formula is C18H27N3O3. The van der Waals surface area contributed by atoms with E-state index in [0.717, 1.165) is 51.4 Å². The first-order valence-corrected chi connectivity index (χ1v) is 8.53. The van der Waals surface area contributed by atoms with Crippen LogP contribution in [0.4, 0.5) is 0 Å². The number of ether oxygens (including phenoxy) is 2. The molecule has 2 aliphatic rings. The molecule has 1 amide bonds. The second-order valence-corrected chi connectivity index (χ2v) is 7.05. The quantitative estimate of drug-likeness (QED) is 0.815. The van der Waals surface area contributed by atoms with Crippen LogP contribution in [-0.2, 0) is 16.1 Å². The summed E-state index contributed by atoms with van der Waals surface area (Å²) in [5.41, 5.74) is 1.13. The highest BCUT2D eigenvalue weighted by atomic mass is 16.5. The summed E-state index contributed by atoms with van der Waals surface area (Å²) < 4.78 is 10.7. The van der Waals surface area contributed by atoms with Crippen molar-refractivity contribution in [3.63, 3.8) is 0 Å². The molecule has 3 heterocycles. The van der Waals surface area contributed by atoms with E-state index in [9.17, 15) is 4.79 Å². The van der Waals surface area contributed by atoms with E-state index in [1.807, 2.05) is 23.1 Å². The van der Waals surface area contributed by atoms with Crippen molar-refractivity contribution >= 4 is 5.91 Å². The summed E-state index contributed by atoms with van der Waals surface area (Å²) in [6, 6.07) is 5.88. The second kappa shape index (κ2) is 7.07. The van der Waals surface area contributed by atoms with Gasteiger partial charge < -0.3 is 14.4 Å². The number of likely N-dealkylation sites (tertiary alicyclic amines) is 2. The fourth-order valence-electron chi connectivity index (χ4n) is 4.15. The zero-order valence-corrected chi connectivity index (χ0v) is 14.8. The molecule has 6 heteroatoms. The third kappa shape index (κ3) is 3.39. The number of rotatable bonds is 5. The summed E-state index contributed by atoms with van der Waals surface area (Å²) in [6.07, 6.45) is 1.05. The van der Waals surface area contributed by atoms with Crippen LogP contribution in [0.2, 0.25) is 0 Å². The maximum Gasteiger partial charge on any atom is 0.219 e. The molecule has 2 atom stereocenters. The molecule has 0 bridgehead atoms. The SMILES string of the molecule is COC[C@@]12CCN(Cc3cccc(OC)n3)C[C@@H]1CN(C(C)=O)C2. The van der Waals surface area contributed by atoms with Crippen LogP contribution in [0.25, 0.3) is 0 Å². The number of aromatic nitrogens is 1. The Bertz CT molecular complexity index is 595. The summed E-state index contributed by atoms with van der Waals surface area (Å²) in [5.74, 6) is 1.28. The van der Waals surface area contributed by atoms with E-state index in [1.165, 1.54) is 0 Å². The van der Waals surface area contributed by atoms with Gasteiger partial charge in [-0.2, -0.15) is 0 Å². The van der Waals surface area contributed by atoms with Crippen LogP contribution in [0, 0.1) is 11.3 Å². The number of carbonyl (C=O) groups excluding carboxylic acids is 1. The molecule has 1 aromatic rings. The number of amides is 1. The highest BCUT2D eigenvalue weighted by molar-refractivity contribution is 5.73. The smallest absolute Gasteiger partial charge is 0.219 e. The van der Waals surface area contributed by atoms with Gasteiger partial charge in [0, 0.05) is 51.7 Å². The molecule has 0 unspecified atom stereocenters. The molecule has 6 nitrogen and oxygen atoms in total. The van der Waals surface area contributed by atoms with Crippen LogP contribution in [-0.4, -0.2) is 67.7 Å². The molecule has 3 rings (SSSR count). The number of nitrogens with zero attached hydrogens (tertiary/aromatic N) is 3. The summed E-state index contributed by atoms with van der Waals surface area (Å²) in [4.78, 5) is 20.8. The van der Waals surface area contributed by atoms with E-state index in [-0.39, 0.29) is 11.3 Å². The van der Waals surface area contributed by atoms with Crippen LogP contribution in [0.15, 0.2) is 18.2 Å². The van der Waals surface area contributed by atoms with Crippen molar-refractivity contribution in [2.45, 2.75) is 19.9 Å². The van der Waals surface area contributed by atoms with Gasteiger partial charge in [0.25, 0.3) is 0 Å². The Kier molecular flexibility index (Phi) is 5.06. The lowest BCUT2D eigenvalue weighted by Crippen LogP contribution is -2.48. The fraction of sp³-hybridized carbons (Fsp3) is 0.667. The van der Waals surface area contributed by atoms with Crippen molar-refractivity contribution < 1.29 is 14.3 Å². The first-order chi connectivity index (χ1) is 11.6. The molecule has 2 saturated heterocycles. The van der Waals surface area contributed by atoms with Gasteiger partial charge in [0.05, 0.1) is 19.4 Å². The Labute approximate surface area is 143 Å². The van der Waals surface area contributed by atoms with Crippen molar-refractivity contribution in [1.82, 2.24) is 14.8 Å². The van der Waals surface area contributed by atoms with Crippen LogP contribution < -0.4 is 4.74 Å². The standard InChI is InChI=1S/C18H27N3O3/c1-14(22)21-10-15-9-20(8-7-18(15,12-21)13-23-2)11-16-5-4-6-17(19-16)24-3/h4-6,15H,7-13H2,1-3H3/t15-,18+/m1/s1. The van der Waals surface area contributed by atoms with Crippen LogP contribution in [0.5, 0.6) is 5.88 Å². The number of carbonyl (C=O) groups is 1. The summed E-state index contributed by atoms with van der Waals surface area (Å²) >= 11 is 0. The highest BCUT2D eigenvalue weighted by Crippen LogP contribution is 2.43. The van der Waals surface area contributed by atoms with Crippen LogP contribution in [0.1, 0.15) is 19.0 Å². The Hall–Kier alpha value is -1.66. The Morgan fingerprint density at radius 3 is 2.92 bits per heavy atom. The van der Waals surface area contributed by atoms with Gasteiger partial charge in [-0.3, -0.25) is 9.69 Å². The van der Waals surface area contributed by atoms with Gasteiger partial charge in [0.2, 0.25) is 11.8 Å². The molecule has 2 fully saturated rings. The molecule has 0 spiro atoms. The first-order valence-electron chi connectivity index (χ1n) is 8.53. The Morgan fingerprint density at radius 1 is 1.38 bits per heavy atom. The van der Waals surface area contributed by atoms with E-state index in [1.54, 1.807) is 21.1 Å². The number of hydrogen-bond donors (Lipinski definition) is 0. The second-order valence-electron chi connectivity index (χ2n) is 7.05. The molecule has 0 saturated carbocycles. The zero-order chi connectivity index (χ0) is 17.2. The summed E-state index contributed by atoms with van der Waals surface area (Å²) in [5, 5.41) is 0. The van der Waals surface area contributed by atoms with Gasteiger partial charge in [-0.1, -0.05) is 6.07 Å². The minimum Gasteiger partial charge on any atom is -0.481 e. The van der Waals surface area contributed by atoms with E-state index < -0.39 is 0 Å². The molecule has 0 radical (unpaired) electrons. The molecular weight excluding hydrogens is 306 g/mol. The molecule has 24 heavy (non-hydrogen) atoms. The summed E-state index contributed by atoms with van der Waals surface area (Å²) in [7, 11) is 3.40. The monoisotopic (exact) mass is 333 g/mol. The van der Waals surface area contributed by atoms with E-state index in [2.05, 4.69) is 9.88 Å². The van der Waals surface area contributed by atoms with Crippen LogP contribution in [0.3, 0.4) is 0 Å². The molecule has 132 valence electrons. The molecule has 0 aromatic carbocycles.